The SMILES string of the molecule is Cc1ccc2c(c1C(C)C(=O)O)CCC(NS(=O)(=O)c1ccc(Cl)cc1)C2. The van der Waals surface area contributed by atoms with Gasteiger partial charge >= 0.3 is 5.97 Å². The molecule has 2 N–H and O–H groups in total. The van der Waals surface area contributed by atoms with Gasteiger partial charge in [-0.25, -0.2) is 13.1 Å². The van der Waals surface area contributed by atoms with Crippen LogP contribution >= 0.6 is 11.6 Å². The molecule has 5 nitrogen and oxygen atoms in total. The van der Waals surface area contributed by atoms with Crippen molar-refractivity contribution in [3.8, 4) is 0 Å². The molecular weight excluding hydrogens is 386 g/mol. The second kappa shape index (κ2) is 7.62. The summed E-state index contributed by atoms with van der Waals surface area (Å²) in [4.78, 5) is 11.7. The van der Waals surface area contributed by atoms with Gasteiger partial charge in [-0.3, -0.25) is 4.79 Å². The summed E-state index contributed by atoms with van der Waals surface area (Å²) in [6.07, 6.45) is 1.82. The van der Waals surface area contributed by atoms with Crippen molar-refractivity contribution in [1.82, 2.24) is 4.72 Å². The van der Waals surface area contributed by atoms with Crippen molar-refractivity contribution < 1.29 is 18.3 Å². The average molecular weight is 408 g/mol. The Morgan fingerprint density at radius 1 is 1.22 bits per heavy atom. The van der Waals surface area contributed by atoms with Crippen molar-refractivity contribution in [3.05, 3.63) is 63.7 Å². The van der Waals surface area contributed by atoms with E-state index >= 15 is 0 Å². The van der Waals surface area contributed by atoms with E-state index in [2.05, 4.69) is 4.72 Å². The molecule has 0 saturated carbocycles. The number of halogens is 1. The van der Waals surface area contributed by atoms with Crippen molar-refractivity contribution in [1.29, 1.82) is 0 Å². The summed E-state index contributed by atoms with van der Waals surface area (Å²) in [7, 11) is -3.63. The third kappa shape index (κ3) is 4.18. The molecule has 0 aromatic heterocycles. The predicted molar refractivity (Wildman–Crippen MR) is 105 cm³/mol. The van der Waals surface area contributed by atoms with E-state index in [-0.39, 0.29) is 10.9 Å². The van der Waals surface area contributed by atoms with E-state index in [0.29, 0.717) is 24.3 Å². The molecule has 2 aromatic carbocycles. The minimum Gasteiger partial charge on any atom is -0.481 e. The Bertz CT molecular complexity index is 970. The molecule has 1 aliphatic rings. The predicted octanol–water partition coefficient (Wildman–Crippen LogP) is 3.67. The van der Waals surface area contributed by atoms with Crippen LogP contribution in [0.15, 0.2) is 41.3 Å². The molecule has 3 rings (SSSR count). The summed E-state index contributed by atoms with van der Waals surface area (Å²) in [6, 6.07) is 9.74. The zero-order valence-electron chi connectivity index (χ0n) is 15.2. The van der Waals surface area contributed by atoms with Crippen LogP contribution in [0.5, 0.6) is 0 Å². The lowest BCUT2D eigenvalue weighted by Gasteiger charge is -2.29. The van der Waals surface area contributed by atoms with Crippen LogP contribution in [0.1, 0.15) is 41.5 Å². The summed E-state index contributed by atoms with van der Waals surface area (Å²) in [5.74, 6) is -1.43. The van der Waals surface area contributed by atoms with Crippen LogP contribution in [0.25, 0.3) is 0 Å². The first-order valence-electron chi connectivity index (χ1n) is 8.81. The molecule has 2 atom stereocenters. The first kappa shape index (κ1) is 19.9. The van der Waals surface area contributed by atoms with Crippen LogP contribution in [0.3, 0.4) is 0 Å². The van der Waals surface area contributed by atoms with Crippen molar-refractivity contribution >= 4 is 27.6 Å². The van der Waals surface area contributed by atoms with E-state index in [1.807, 2.05) is 19.1 Å². The van der Waals surface area contributed by atoms with Gasteiger partial charge in [0.2, 0.25) is 10.0 Å². The summed E-state index contributed by atoms with van der Waals surface area (Å²) in [5, 5.41) is 9.89. The first-order chi connectivity index (χ1) is 12.7. The normalized spacial score (nSPS) is 18.0. The largest absolute Gasteiger partial charge is 0.481 e. The summed E-state index contributed by atoms with van der Waals surface area (Å²) < 4.78 is 28.0. The van der Waals surface area contributed by atoms with Crippen LogP contribution in [-0.2, 0) is 27.7 Å². The topological polar surface area (TPSA) is 83.5 Å². The van der Waals surface area contributed by atoms with Gasteiger partial charge in [-0.05, 0) is 79.6 Å². The number of benzene rings is 2. The molecule has 0 spiro atoms. The maximum atomic E-state index is 12.6. The number of hydrogen-bond donors (Lipinski definition) is 2. The molecule has 0 fully saturated rings. The van der Waals surface area contributed by atoms with Crippen molar-refractivity contribution in [2.45, 2.75) is 50.0 Å². The highest BCUT2D eigenvalue weighted by molar-refractivity contribution is 7.89. The van der Waals surface area contributed by atoms with E-state index < -0.39 is 21.9 Å². The van der Waals surface area contributed by atoms with Crippen LogP contribution in [-0.4, -0.2) is 25.5 Å². The number of carboxylic acids is 1. The molecule has 1 aliphatic carbocycles. The average Bonchev–Trinajstić information content (AvgIpc) is 2.61. The second-order valence-electron chi connectivity index (χ2n) is 7.01. The van der Waals surface area contributed by atoms with Crippen LogP contribution in [0.4, 0.5) is 0 Å². The van der Waals surface area contributed by atoms with Gasteiger partial charge in [-0.15, -0.1) is 0 Å². The molecule has 27 heavy (non-hydrogen) atoms. The van der Waals surface area contributed by atoms with E-state index in [0.717, 1.165) is 22.3 Å². The van der Waals surface area contributed by atoms with Crippen LogP contribution < -0.4 is 4.72 Å². The van der Waals surface area contributed by atoms with Gasteiger partial charge in [0.15, 0.2) is 0 Å². The Morgan fingerprint density at radius 3 is 2.52 bits per heavy atom. The minimum atomic E-state index is -3.63. The Morgan fingerprint density at radius 2 is 1.89 bits per heavy atom. The third-order valence-corrected chi connectivity index (χ3v) is 6.92. The lowest BCUT2D eigenvalue weighted by molar-refractivity contribution is -0.138. The van der Waals surface area contributed by atoms with E-state index in [1.54, 1.807) is 19.1 Å². The zero-order chi connectivity index (χ0) is 19.8. The molecule has 2 aromatic rings. The summed E-state index contributed by atoms with van der Waals surface area (Å²) >= 11 is 5.83. The molecule has 144 valence electrons. The fraction of sp³-hybridized carbons (Fsp3) is 0.350. The van der Waals surface area contributed by atoms with Crippen molar-refractivity contribution in [2.75, 3.05) is 0 Å². The van der Waals surface area contributed by atoms with Gasteiger partial charge in [0.25, 0.3) is 0 Å². The monoisotopic (exact) mass is 407 g/mol. The van der Waals surface area contributed by atoms with Crippen LogP contribution in [0, 0.1) is 6.92 Å². The van der Waals surface area contributed by atoms with E-state index in [4.69, 9.17) is 11.6 Å². The number of rotatable bonds is 5. The number of aryl methyl sites for hydroxylation is 1. The molecule has 0 bridgehead atoms. The molecule has 0 heterocycles. The number of fused-ring (bicyclic) bond motifs is 1. The first-order valence-corrected chi connectivity index (χ1v) is 10.7. The van der Waals surface area contributed by atoms with Gasteiger partial charge in [0, 0.05) is 11.1 Å². The van der Waals surface area contributed by atoms with Gasteiger partial charge in [0.05, 0.1) is 10.8 Å². The van der Waals surface area contributed by atoms with Gasteiger partial charge in [0.1, 0.15) is 0 Å². The van der Waals surface area contributed by atoms with Gasteiger partial charge in [-0.2, -0.15) is 0 Å². The molecule has 0 radical (unpaired) electrons. The fourth-order valence-electron chi connectivity index (χ4n) is 3.73. The smallest absolute Gasteiger partial charge is 0.310 e. The summed E-state index contributed by atoms with van der Waals surface area (Å²) in [6.45, 7) is 3.62. The summed E-state index contributed by atoms with van der Waals surface area (Å²) in [5.41, 5.74) is 3.88. The van der Waals surface area contributed by atoms with E-state index in [1.165, 1.54) is 12.1 Å². The number of nitrogens with one attached hydrogen (secondary N) is 1. The number of carboxylic acid groups (broad SMARTS) is 1. The number of hydrogen-bond acceptors (Lipinski definition) is 3. The Balaban J connectivity index is 1.84. The maximum Gasteiger partial charge on any atom is 0.310 e. The van der Waals surface area contributed by atoms with Crippen molar-refractivity contribution in [3.63, 3.8) is 0 Å². The highest BCUT2D eigenvalue weighted by atomic mass is 35.5. The highest BCUT2D eigenvalue weighted by Crippen LogP contribution is 2.32. The maximum absolute atomic E-state index is 12.6. The number of aliphatic carboxylic acids is 1. The van der Waals surface area contributed by atoms with Gasteiger partial charge < -0.3 is 5.11 Å². The van der Waals surface area contributed by atoms with Gasteiger partial charge in [-0.1, -0.05) is 23.7 Å². The minimum absolute atomic E-state index is 0.182. The Kier molecular flexibility index (Phi) is 5.60. The number of sulfonamides is 1. The van der Waals surface area contributed by atoms with E-state index in [9.17, 15) is 18.3 Å². The van der Waals surface area contributed by atoms with Crippen LogP contribution in [0.2, 0.25) is 5.02 Å². The molecule has 0 aliphatic heterocycles. The fourth-order valence-corrected chi connectivity index (χ4v) is 5.12. The molecule has 7 heteroatoms. The molecule has 2 unspecified atom stereocenters. The Labute approximate surface area is 164 Å². The second-order valence-corrected chi connectivity index (χ2v) is 9.16. The molecular formula is C20H22ClNO4S. The lowest BCUT2D eigenvalue weighted by atomic mass is 9.80. The third-order valence-electron chi connectivity index (χ3n) is 5.13. The van der Waals surface area contributed by atoms with Crippen molar-refractivity contribution in [2.24, 2.45) is 0 Å². The quantitative estimate of drug-likeness (QED) is 0.792. The highest BCUT2D eigenvalue weighted by Gasteiger charge is 2.28. The number of carbonyl (C=O) groups is 1. The molecule has 0 saturated heterocycles. The zero-order valence-corrected chi connectivity index (χ0v) is 16.8. The Hall–Kier alpha value is -1.89. The standard InChI is InChI=1S/C20H22ClNO4S/c1-12-3-4-14-11-16(7-10-18(14)19(12)13(2)20(23)24)22-27(25,26)17-8-5-15(21)6-9-17/h3-6,8-9,13,16,22H,7,10-11H2,1-2H3,(H,23,24). The molecule has 0 amide bonds. The lowest BCUT2D eigenvalue weighted by Crippen LogP contribution is -2.39.